The highest BCUT2D eigenvalue weighted by Crippen LogP contribution is 2.41. The summed E-state index contributed by atoms with van der Waals surface area (Å²) in [5.41, 5.74) is 3.12. The predicted octanol–water partition coefficient (Wildman–Crippen LogP) is 5.01. The van der Waals surface area contributed by atoms with E-state index in [0.29, 0.717) is 18.0 Å². The highest BCUT2D eigenvalue weighted by atomic mass is 32.2. The molecule has 0 amide bonds. The van der Waals surface area contributed by atoms with Crippen LogP contribution < -0.4 is 4.74 Å². The van der Waals surface area contributed by atoms with E-state index in [2.05, 4.69) is 0 Å². The van der Waals surface area contributed by atoms with Gasteiger partial charge in [0.1, 0.15) is 12.4 Å². The van der Waals surface area contributed by atoms with Crippen molar-refractivity contribution in [2.75, 3.05) is 12.3 Å². The fourth-order valence-corrected chi connectivity index (χ4v) is 6.52. The van der Waals surface area contributed by atoms with Gasteiger partial charge < -0.3 is 4.74 Å². The van der Waals surface area contributed by atoms with E-state index >= 15 is 0 Å². The van der Waals surface area contributed by atoms with Crippen LogP contribution in [0.3, 0.4) is 0 Å². The number of rotatable bonds is 6. The molecule has 1 unspecified atom stereocenters. The molecule has 0 aromatic heterocycles. The van der Waals surface area contributed by atoms with Crippen molar-refractivity contribution in [3.63, 3.8) is 0 Å². The van der Waals surface area contributed by atoms with Gasteiger partial charge in [0, 0.05) is 12.3 Å². The Labute approximate surface area is 176 Å². The summed E-state index contributed by atoms with van der Waals surface area (Å²) in [5, 5.41) is -0.218. The van der Waals surface area contributed by atoms with Gasteiger partial charge in [-0.3, -0.25) is 0 Å². The van der Waals surface area contributed by atoms with Gasteiger partial charge in [-0.05, 0) is 42.3 Å². The molecule has 0 saturated carbocycles. The lowest BCUT2D eigenvalue weighted by molar-refractivity contribution is 0.306. The maximum atomic E-state index is 13.1. The molecule has 3 aromatic rings. The monoisotopic (exact) mass is 425 g/mol. The Morgan fingerprint density at radius 1 is 0.966 bits per heavy atom. The van der Waals surface area contributed by atoms with Gasteiger partial charge in [-0.25, -0.2) is 8.42 Å². The van der Waals surface area contributed by atoms with Crippen LogP contribution in [-0.4, -0.2) is 25.0 Å². The smallest absolute Gasteiger partial charge is 0.244 e. The van der Waals surface area contributed by atoms with E-state index in [1.165, 1.54) is 0 Å². The minimum atomic E-state index is -3.53. The molecule has 4 rings (SSSR count). The Balaban J connectivity index is 1.49. The van der Waals surface area contributed by atoms with Gasteiger partial charge in [0.05, 0.1) is 10.3 Å². The fourth-order valence-electron chi connectivity index (χ4n) is 3.28. The minimum Gasteiger partial charge on any atom is -0.489 e. The van der Waals surface area contributed by atoms with E-state index in [-0.39, 0.29) is 5.37 Å². The third-order valence-electron chi connectivity index (χ3n) is 4.89. The van der Waals surface area contributed by atoms with E-state index in [0.717, 1.165) is 28.2 Å². The van der Waals surface area contributed by atoms with Crippen molar-refractivity contribution in [2.45, 2.75) is 23.8 Å². The topological polar surface area (TPSA) is 46.6 Å². The zero-order valence-electron chi connectivity index (χ0n) is 16.2. The summed E-state index contributed by atoms with van der Waals surface area (Å²) in [5.74, 6) is 1.55. The van der Waals surface area contributed by atoms with Crippen LogP contribution in [0.5, 0.6) is 5.75 Å². The average molecular weight is 426 g/mol. The van der Waals surface area contributed by atoms with Gasteiger partial charge in [0.15, 0.2) is 0 Å². The van der Waals surface area contributed by atoms with E-state index in [1.54, 1.807) is 28.2 Å². The zero-order chi connectivity index (χ0) is 20.3. The van der Waals surface area contributed by atoms with E-state index < -0.39 is 10.0 Å². The third kappa shape index (κ3) is 4.50. The quantitative estimate of drug-likeness (QED) is 0.557. The molecular formula is C23H23NO3S2. The second-order valence-corrected chi connectivity index (χ2v) is 10.1. The molecular weight excluding hydrogens is 402 g/mol. The van der Waals surface area contributed by atoms with Crippen molar-refractivity contribution in [2.24, 2.45) is 0 Å². The number of hydrogen-bond acceptors (Lipinski definition) is 4. The lowest BCUT2D eigenvalue weighted by atomic mass is 10.2. The second-order valence-electron chi connectivity index (χ2n) is 7.00. The minimum absolute atomic E-state index is 0.218. The molecule has 1 atom stereocenters. The lowest BCUT2D eigenvalue weighted by Crippen LogP contribution is -2.30. The van der Waals surface area contributed by atoms with Crippen molar-refractivity contribution < 1.29 is 13.2 Å². The first-order valence-electron chi connectivity index (χ1n) is 9.51. The van der Waals surface area contributed by atoms with Gasteiger partial charge in [-0.15, -0.1) is 11.8 Å². The number of benzene rings is 3. The number of nitrogens with zero attached hydrogens (tertiary/aromatic N) is 1. The summed E-state index contributed by atoms with van der Waals surface area (Å²) in [6, 6.07) is 24.8. The number of hydrogen-bond donors (Lipinski definition) is 0. The van der Waals surface area contributed by atoms with Crippen molar-refractivity contribution in [1.29, 1.82) is 0 Å². The molecule has 1 aliphatic heterocycles. The molecule has 4 nitrogen and oxygen atoms in total. The molecule has 0 N–H and O–H groups in total. The summed E-state index contributed by atoms with van der Waals surface area (Å²) in [6.07, 6.45) is 0. The molecule has 150 valence electrons. The fraction of sp³-hybridized carbons (Fsp3) is 0.217. The zero-order valence-corrected chi connectivity index (χ0v) is 17.8. The van der Waals surface area contributed by atoms with Gasteiger partial charge in [0.2, 0.25) is 10.0 Å². The highest BCUT2D eigenvalue weighted by Gasteiger charge is 2.36. The van der Waals surface area contributed by atoms with Gasteiger partial charge in [-0.1, -0.05) is 60.2 Å². The predicted molar refractivity (Wildman–Crippen MR) is 117 cm³/mol. The van der Waals surface area contributed by atoms with Crippen molar-refractivity contribution >= 4 is 21.8 Å². The van der Waals surface area contributed by atoms with E-state index in [9.17, 15) is 8.42 Å². The van der Waals surface area contributed by atoms with Crippen LogP contribution in [0.15, 0.2) is 83.8 Å². The SMILES string of the molecule is Cc1ccc(S(=O)(=O)N2CCSC2c2ccc(OCc3ccccc3)cc2)cc1. The molecule has 29 heavy (non-hydrogen) atoms. The maximum Gasteiger partial charge on any atom is 0.244 e. The lowest BCUT2D eigenvalue weighted by Gasteiger charge is -2.24. The molecule has 0 aliphatic carbocycles. The van der Waals surface area contributed by atoms with Crippen LogP contribution >= 0.6 is 11.8 Å². The Morgan fingerprint density at radius 2 is 1.66 bits per heavy atom. The summed E-state index contributed by atoms with van der Waals surface area (Å²) >= 11 is 1.65. The Bertz CT molecular complexity index is 1050. The molecule has 1 heterocycles. The summed E-state index contributed by atoms with van der Waals surface area (Å²) < 4.78 is 33.7. The number of sulfonamides is 1. The van der Waals surface area contributed by atoms with E-state index in [4.69, 9.17) is 4.74 Å². The Hall–Kier alpha value is -2.28. The van der Waals surface area contributed by atoms with Crippen molar-refractivity contribution in [3.8, 4) is 5.75 Å². The average Bonchev–Trinajstić information content (AvgIpc) is 3.25. The molecule has 0 spiro atoms. The Kier molecular flexibility index (Phi) is 5.94. The molecule has 3 aromatic carbocycles. The van der Waals surface area contributed by atoms with Gasteiger partial charge >= 0.3 is 0 Å². The Morgan fingerprint density at radius 3 is 2.34 bits per heavy atom. The number of ether oxygens (including phenoxy) is 1. The normalized spacial score (nSPS) is 17.3. The van der Waals surface area contributed by atoms with Gasteiger partial charge in [0.25, 0.3) is 0 Å². The summed E-state index contributed by atoms with van der Waals surface area (Å²) in [6.45, 7) is 2.97. The standard InChI is InChI=1S/C23H23NO3S2/c1-18-7-13-22(14-8-18)29(25,26)24-15-16-28-23(24)20-9-11-21(12-10-20)27-17-19-5-3-2-4-6-19/h2-14,23H,15-17H2,1H3. The van der Waals surface area contributed by atoms with Crippen LogP contribution in [0, 0.1) is 6.92 Å². The number of aryl methyl sites for hydroxylation is 1. The summed E-state index contributed by atoms with van der Waals surface area (Å²) in [4.78, 5) is 0.346. The first-order valence-corrected chi connectivity index (χ1v) is 12.0. The van der Waals surface area contributed by atoms with Crippen molar-refractivity contribution in [1.82, 2.24) is 4.31 Å². The molecule has 6 heteroatoms. The van der Waals surface area contributed by atoms with Crippen LogP contribution in [0.2, 0.25) is 0 Å². The highest BCUT2D eigenvalue weighted by molar-refractivity contribution is 8.01. The van der Waals surface area contributed by atoms with Gasteiger partial charge in [-0.2, -0.15) is 4.31 Å². The summed E-state index contributed by atoms with van der Waals surface area (Å²) in [7, 11) is -3.53. The molecule has 1 fully saturated rings. The first-order chi connectivity index (χ1) is 14.0. The third-order valence-corrected chi connectivity index (χ3v) is 8.16. The maximum absolute atomic E-state index is 13.1. The van der Waals surface area contributed by atoms with Crippen LogP contribution in [0.25, 0.3) is 0 Å². The largest absolute Gasteiger partial charge is 0.489 e. The number of thioether (sulfide) groups is 1. The molecule has 1 aliphatic rings. The molecule has 1 saturated heterocycles. The van der Waals surface area contributed by atoms with Crippen LogP contribution in [0.1, 0.15) is 22.1 Å². The van der Waals surface area contributed by atoms with Crippen molar-refractivity contribution in [3.05, 3.63) is 95.6 Å². The molecule has 0 radical (unpaired) electrons. The van der Waals surface area contributed by atoms with Crippen LogP contribution in [-0.2, 0) is 16.6 Å². The molecule has 0 bridgehead atoms. The first kappa shape index (κ1) is 20.0. The van der Waals surface area contributed by atoms with Crippen LogP contribution in [0.4, 0.5) is 0 Å². The second kappa shape index (κ2) is 8.61. The van der Waals surface area contributed by atoms with E-state index in [1.807, 2.05) is 73.7 Å².